The Balaban J connectivity index is 2.32. The first kappa shape index (κ1) is 10.6. The minimum Gasteiger partial charge on any atom is -0.123 e. The fourth-order valence-electron chi connectivity index (χ4n) is 1.19. The zero-order valence-electron chi connectivity index (χ0n) is 8.36. The van der Waals surface area contributed by atoms with Gasteiger partial charge in [-0.2, -0.15) is 0 Å². The largest absolute Gasteiger partial charge is 0.123 e. The Morgan fingerprint density at radius 2 is 2.00 bits per heavy atom. The van der Waals surface area contributed by atoms with Crippen LogP contribution in [0.2, 0.25) is 0 Å². The third-order valence-electron chi connectivity index (χ3n) is 1.94. The zero-order valence-corrected chi connectivity index (χ0v) is 9.18. The maximum Gasteiger partial charge on any atom is 0.00746 e. The van der Waals surface area contributed by atoms with E-state index in [2.05, 4.69) is 50.6 Å². The van der Waals surface area contributed by atoms with Crippen molar-refractivity contribution >= 4 is 11.8 Å². The molecule has 0 bridgehead atoms. The molecule has 0 aliphatic heterocycles. The average molecular weight is 193 g/mol. The van der Waals surface area contributed by atoms with Gasteiger partial charge in [0.2, 0.25) is 0 Å². The van der Waals surface area contributed by atoms with Crippen molar-refractivity contribution in [2.45, 2.75) is 36.8 Å². The maximum absolute atomic E-state index is 2.29. The number of benzene rings is 1. The Labute approximate surface area is 85.7 Å². The van der Waals surface area contributed by atoms with Gasteiger partial charge in [-0.25, -0.2) is 0 Å². The van der Waals surface area contributed by atoms with Crippen LogP contribution >= 0.6 is 11.8 Å². The molecule has 1 aromatic carbocycles. The molecule has 1 rings (SSSR count). The van der Waals surface area contributed by atoms with Gasteiger partial charge in [0.15, 0.2) is 0 Å². The predicted octanol–water partition coefficient (Wildman–Crippen LogP) is 4.17. The molecule has 0 heterocycles. The van der Waals surface area contributed by atoms with E-state index >= 15 is 0 Å². The Morgan fingerprint density at radius 1 is 1.31 bits per heavy atom. The van der Waals surface area contributed by atoms with Gasteiger partial charge < -0.3 is 0 Å². The minimum absolute atomic E-state index is 0.721. The Kier molecular flexibility index (Phi) is 4.99. The van der Waals surface area contributed by atoms with Crippen LogP contribution in [0.3, 0.4) is 0 Å². The van der Waals surface area contributed by atoms with Gasteiger partial charge in [-0.05, 0) is 31.4 Å². The molecule has 1 unspecified atom stereocenters. The smallest absolute Gasteiger partial charge is 0.00746 e. The molecule has 0 spiro atoms. The second kappa shape index (κ2) is 6.09. The van der Waals surface area contributed by atoms with Gasteiger partial charge in [0.05, 0.1) is 0 Å². The van der Waals surface area contributed by atoms with E-state index in [9.17, 15) is 0 Å². The third-order valence-corrected chi connectivity index (χ3v) is 3.12. The highest BCUT2D eigenvalue weighted by molar-refractivity contribution is 7.99. The van der Waals surface area contributed by atoms with Crippen LogP contribution in [0, 0.1) is 6.42 Å². The molecule has 13 heavy (non-hydrogen) atoms. The molecule has 0 amide bonds. The highest BCUT2D eigenvalue weighted by Crippen LogP contribution is 2.25. The molecule has 1 radical (unpaired) electrons. The molecule has 0 saturated carbocycles. The normalized spacial score (nSPS) is 12.8. The van der Waals surface area contributed by atoms with Crippen molar-refractivity contribution in [3.8, 4) is 0 Å². The first-order chi connectivity index (χ1) is 6.33. The van der Waals surface area contributed by atoms with Gasteiger partial charge in [0.1, 0.15) is 0 Å². The van der Waals surface area contributed by atoms with Crippen molar-refractivity contribution in [1.82, 2.24) is 0 Å². The fourth-order valence-corrected chi connectivity index (χ4v) is 2.22. The molecule has 0 nitrogen and oxygen atoms in total. The second-order valence-electron chi connectivity index (χ2n) is 3.23. The summed E-state index contributed by atoms with van der Waals surface area (Å²) in [5.74, 6) is 0. The molecule has 1 atom stereocenters. The molecule has 0 aliphatic carbocycles. The van der Waals surface area contributed by atoms with Crippen LogP contribution in [0.5, 0.6) is 0 Å². The predicted molar refractivity (Wildman–Crippen MR) is 61.0 cm³/mol. The summed E-state index contributed by atoms with van der Waals surface area (Å²) in [6.07, 6.45) is 4.74. The van der Waals surface area contributed by atoms with Crippen LogP contribution in [0.25, 0.3) is 0 Å². The van der Waals surface area contributed by atoms with E-state index < -0.39 is 0 Å². The van der Waals surface area contributed by atoms with Gasteiger partial charge >= 0.3 is 0 Å². The molecule has 0 saturated heterocycles. The molecule has 0 aromatic heterocycles. The van der Waals surface area contributed by atoms with Crippen LogP contribution in [-0.4, -0.2) is 5.25 Å². The van der Waals surface area contributed by atoms with Crippen molar-refractivity contribution in [1.29, 1.82) is 0 Å². The van der Waals surface area contributed by atoms with Crippen LogP contribution < -0.4 is 0 Å². The van der Waals surface area contributed by atoms with E-state index in [4.69, 9.17) is 0 Å². The van der Waals surface area contributed by atoms with Gasteiger partial charge in [0.25, 0.3) is 0 Å². The van der Waals surface area contributed by atoms with Crippen LogP contribution in [0.15, 0.2) is 35.2 Å². The van der Waals surface area contributed by atoms with Gasteiger partial charge in [-0.15, -0.1) is 11.8 Å². The van der Waals surface area contributed by atoms with Crippen LogP contribution in [0.4, 0.5) is 0 Å². The minimum atomic E-state index is 0.721. The molecule has 0 N–H and O–H groups in total. The van der Waals surface area contributed by atoms with Gasteiger partial charge in [-0.3, -0.25) is 0 Å². The molecule has 71 valence electrons. The lowest BCUT2D eigenvalue weighted by atomic mass is 10.2. The SMILES string of the molecule is C[CH]CCC(C)Sc1ccccc1. The summed E-state index contributed by atoms with van der Waals surface area (Å²) in [6.45, 7) is 4.42. The number of hydrogen-bond donors (Lipinski definition) is 0. The van der Waals surface area contributed by atoms with E-state index in [0.717, 1.165) is 5.25 Å². The maximum atomic E-state index is 2.29. The third kappa shape index (κ3) is 4.37. The number of rotatable bonds is 5. The highest BCUT2D eigenvalue weighted by atomic mass is 32.2. The van der Waals surface area contributed by atoms with E-state index in [1.165, 1.54) is 17.7 Å². The molecule has 1 heteroatoms. The lowest BCUT2D eigenvalue weighted by molar-refractivity contribution is 0.799. The number of unbranched alkanes of at least 4 members (excludes halogenated alkanes) is 1. The quantitative estimate of drug-likeness (QED) is 0.632. The lowest BCUT2D eigenvalue weighted by Crippen LogP contribution is -1.94. The molecular weight excluding hydrogens is 176 g/mol. The second-order valence-corrected chi connectivity index (χ2v) is 4.74. The summed E-state index contributed by atoms with van der Waals surface area (Å²) >= 11 is 1.96. The monoisotopic (exact) mass is 193 g/mol. The van der Waals surface area contributed by atoms with Crippen LogP contribution in [0.1, 0.15) is 26.7 Å². The Bertz CT molecular complexity index is 218. The van der Waals surface area contributed by atoms with E-state index in [1.54, 1.807) is 0 Å². The topological polar surface area (TPSA) is 0 Å². The first-order valence-corrected chi connectivity index (χ1v) is 5.70. The summed E-state index contributed by atoms with van der Waals surface area (Å²) in [5, 5.41) is 0.721. The Hall–Kier alpha value is -0.430. The standard InChI is InChI=1S/C12H17S/c1-3-4-8-11(2)13-12-9-6-5-7-10-12/h3,5-7,9-11H,4,8H2,1-2H3. The van der Waals surface area contributed by atoms with Gasteiger partial charge in [-0.1, -0.05) is 32.0 Å². The highest BCUT2D eigenvalue weighted by Gasteiger charge is 2.02. The van der Waals surface area contributed by atoms with E-state index in [-0.39, 0.29) is 0 Å². The van der Waals surface area contributed by atoms with Crippen molar-refractivity contribution in [3.63, 3.8) is 0 Å². The summed E-state index contributed by atoms with van der Waals surface area (Å²) in [5.41, 5.74) is 0. The Morgan fingerprint density at radius 3 is 2.62 bits per heavy atom. The van der Waals surface area contributed by atoms with Crippen molar-refractivity contribution < 1.29 is 0 Å². The van der Waals surface area contributed by atoms with Crippen molar-refractivity contribution in [2.24, 2.45) is 0 Å². The summed E-state index contributed by atoms with van der Waals surface area (Å²) in [4.78, 5) is 1.38. The summed E-state index contributed by atoms with van der Waals surface area (Å²) in [7, 11) is 0. The average Bonchev–Trinajstić information content (AvgIpc) is 2.16. The number of thioether (sulfide) groups is 1. The van der Waals surface area contributed by atoms with E-state index in [0.29, 0.717) is 0 Å². The lowest BCUT2D eigenvalue weighted by Gasteiger charge is -2.09. The van der Waals surface area contributed by atoms with Gasteiger partial charge in [0, 0.05) is 10.1 Å². The number of hydrogen-bond acceptors (Lipinski definition) is 1. The molecule has 1 aromatic rings. The fraction of sp³-hybridized carbons (Fsp3) is 0.417. The molecule has 0 aliphatic rings. The first-order valence-electron chi connectivity index (χ1n) is 4.82. The van der Waals surface area contributed by atoms with Crippen molar-refractivity contribution in [3.05, 3.63) is 36.8 Å². The van der Waals surface area contributed by atoms with Crippen molar-refractivity contribution in [2.75, 3.05) is 0 Å². The van der Waals surface area contributed by atoms with E-state index in [1.807, 2.05) is 11.8 Å². The zero-order chi connectivity index (χ0) is 9.52. The molecule has 0 fully saturated rings. The summed E-state index contributed by atoms with van der Waals surface area (Å²) in [6, 6.07) is 10.6. The summed E-state index contributed by atoms with van der Waals surface area (Å²) < 4.78 is 0. The van der Waals surface area contributed by atoms with Crippen LogP contribution in [-0.2, 0) is 0 Å². The molecular formula is C12H17S.